The summed E-state index contributed by atoms with van der Waals surface area (Å²) in [7, 11) is 3.23. The molecule has 0 aromatic heterocycles. The van der Waals surface area contributed by atoms with Crippen molar-refractivity contribution in [3.63, 3.8) is 0 Å². The van der Waals surface area contributed by atoms with Crippen molar-refractivity contribution in [1.29, 1.82) is 0 Å². The van der Waals surface area contributed by atoms with Crippen molar-refractivity contribution in [2.45, 2.75) is 25.8 Å². The van der Waals surface area contributed by atoms with E-state index in [0.717, 1.165) is 25.1 Å². The lowest BCUT2D eigenvalue weighted by atomic mass is 9.99. The summed E-state index contributed by atoms with van der Waals surface area (Å²) in [5.74, 6) is 1.44. The molecule has 2 atom stereocenters. The molecule has 0 aliphatic carbocycles. The fourth-order valence-corrected chi connectivity index (χ4v) is 2.58. The molecule has 0 spiro atoms. The smallest absolute Gasteiger partial charge is 0.223 e. The largest absolute Gasteiger partial charge is 0.493 e. The second-order valence-electron chi connectivity index (χ2n) is 5.49. The van der Waals surface area contributed by atoms with Gasteiger partial charge in [-0.3, -0.25) is 4.79 Å². The molecule has 116 valence electrons. The zero-order chi connectivity index (χ0) is 15.2. The summed E-state index contributed by atoms with van der Waals surface area (Å²) < 4.78 is 10.5. The minimum atomic E-state index is -0.0660. The molecule has 2 unspecified atom stereocenters. The van der Waals surface area contributed by atoms with Crippen molar-refractivity contribution in [2.24, 2.45) is 5.92 Å². The summed E-state index contributed by atoms with van der Waals surface area (Å²) in [4.78, 5) is 12.2. The summed E-state index contributed by atoms with van der Waals surface area (Å²) >= 11 is 0. The van der Waals surface area contributed by atoms with Crippen molar-refractivity contribution in [2.75, 3.05) is 27.3 Å². The van der Waals surface area contributed by atoms with Gasteiger partial charge in [0.25, 0.3) is 0 Å². The predicted molar refractivity (Wildman–Crippen MR) is 81.8 cm³/mol. The first-order valence-corrected chi connectivity index (χ1v) is 7.36. The molecule has 1 fully saturated rings. The van der Waals surface area contributed by atoms with E-state index >= 15 is 0 Å². The first-order chi connectivity index (χ1) is 10.1. The minimum Gasteiger partial charge on any atom is -0.493 e. The maximum atomic E-state index is 12.2. The first-order valence-electron chi connectivity index (χ1n) is 7.36. The summed E-state index contributed by atoms with van der Waals surface area (Å²) in [5, 5.41) is 6.34. The van der Waals surface area contributed by atoms with Gasteiger partial charge in [0.15, 0.2) is 11.5 Å². The third kappa shape index (κ3) is 4.11. The first kappa shape index (κ1) is 15.6. The lowest BCUT2D eigenvalue weighted by Crippen LogP contribution is -2.39. The zero-order valence-electron chi connectivity index (χ0n) is 12.9. The van der Waals surface area contributed by atoms with Crippen molar-refractivity contribution < 1.29 is 14.3 Å². The molecule has 1 aliphatic heterocycles. The molecular formula is C16H24N2O3. The van der Waals surface area contributed by atoms with Crippen molar-refractivity contribution in [1.82, 2.24) is 10.6 Å². The average Bonchev–Trinajstić information content (AvgIpc) is 2.99. The van der Waals surface area contributed by atoms with Gasteiger partial charge < -0.3 is 20.1 Å². The average molecular weight is 292 g/mol. The maximum absolute atomic E-state index is 12.2. The van der Waals surface area contributed by atoms with E-state index in [1.165, 1.54) is 0 Å². The Morgan fingerprint density at radius 3 is 2.76 bits per heavy atom. The molecule has 0 radical (unpaired) electrons. The molecule has 1 aliphatic rings. The van der Waals surface area contributed by atoms with Crippen LogP contribution in [0.2, 0.25) is 0 Å². The lowest BCUT2D eigenvalue weighted by molar-refractivity contribution is -0.125. The van der Waals surface area contributed by atoms with Crippen LogP contribution in [0.4, 0.5) is 0 Å². The second-order valence-corrected chi connectivity index (χ2v) is 5.49. The minimum absolute atomic E-state index is 0.0660. The SMILES string of the molecule is COc1ccc(CC(C)C(=O)NC2CCNC2)cc1OC. The number of hydrogen-bond donors (Lipinski definition) is 2. The molecule has 1 amide bonds. The van der Waals surface area contributed by atoms with Gasteiger partial charge in [0.2, 0.25) is 5.91 Å². The lowest BCUT2D eigenvalue weighted by Gasteiger charge is -2.17. The highest BCUT2D eigenvalue weighted by Gasteiger charge is 2.20. The van der Waals surface area contributed by atoms with Crippen LogP contribution in [0, 0.1) is 5.92 Å². The quantitative estimate of drug-likeness (QED) is 0.831. The van der Waals surface area contributed by atoms with E-state index < -0.39 is 0 Å². The van der Waals surface area contributed by atoms with E-state index in [-0.39, 0.29) is 17.9 Å². The number of benzene rings is 1. The Bertz CT molecular complexity index is 484. The van der Waals surface area contributed by atoms with Crippen molar-refractivity contribution >= 4 is 5.91 Å². The van der Waals surface area contributed by atoms with Crippen LogP contribution >= 0.6 is 0 Å². The van der Waals surface area contributed by atoms with Crippen LogP contribution in [0.15, 0.2) is 18.2 Å². The van der Waals surface area contributed by atoms with Crippen LogP contribution in [-0.2, 0) is 11.2 Å². The topological polar surface area (TPSA) is 59.6 Å². The molecule has 5 nitrogen and oxygen atoms in total. The number of carbonyl (C=O) groups is 1. The number of rotatable bonds is 6. The van der Waals surface area contributed by atoms with E-state index in [4.69, 9.17) is 9.47 Å². The molecule has 1 aromatic rings. The van der Waals surface area contributed by atoms with E-state index in [0.29, 0.717) is 17.9 Å². The molecule has 0 saturated carbocycles. The predicted octanol–water partition coefficient (Wildman–Crippen LogP) is 1.36. The van der Waals surface area contributed by atoms with Gasteiger partial charge in [-0.05, 0) is 37.1 Å². The van der Waals surface area contributed by atoms with E-state index in [9.17, 15) is 4.79 Å². The molecule has 2 rings (SSSR count). The third-order valence-corrected chi connectivity index (χ3v) is 3.84. The molecule has 1 saturated heterocycles. The van der Waals surface area contributed by atoms with Gasteiger partial charge in [0, 0.05) is 18.5 Å². The van der Waals surface area contributed by atoms with Gasteiger partial charge in [-0.15, -0.1) is 0 Å². The Labute approximate surface area is 126 Å². The normalized spacial score (nSPS) is 19.1. The Hall–Kier alpha value is -1.75. The number of amides is 1. The Morgan fingerprint density at radius 2 is 2.14 bits per heavy atom. The highest BCUT2D eigenvalue weighted by Crippen LogP contribution is 2.28. The molecule has 5 heteroatoms. The summed E-state index contributed by atoms with van der Waals surface area (Å²) in [6, 6.07) is 6.05. The molecule has 2 N–H and O–H groups in total. The van der Waals surface area contributed by atoms with E-state index in [1.807, 2.05) is 25.1 Å². The van der Waals surface area contributed by atoms with Crippen LogP contribution in [0.1, 0.15) is 18.9 Å². The molecule has 1 heterocycles. The van der Waals surface area contributed by atoms with Gasteiger partial charge in [-0.25, -0.2) is 0 Å². The van der Waals surface area contributed by atoms with Gasteiger partial charge in [0.1, 0.15) is 0 Å². The van der Waals surface area contributed by atoms with Gasteiger partial charge in [-0.2, -0.15) is 0 Å². The number of nitrogens with one attached hydrogen (secondary N) is 2. The van der Waals surface area contributed by atoms with Crippen molar-refractivity contribution in [3.8, 4) is 11.5 Å². The van der Waals surface area contributed by atoms with Gasteiger partial charge in [0.05, 0.1) is 14.2 Å². The highest BCUT2D eigenvalue weighted by molar-refractivity contribution is 5.79. The number of methoxy groups -OCH3 is 2. The summed E-state index contributed by atoms with van der Waals surface area (Å²) in [5.41, 5.74) is 1.07. The van der Waals surface area contributed by atoms with E-state index in [1.54, 1.807) is 14.2 Å². The number of hydrogen-bond acceptors (Lipinski definition) is 4. The third-order valence-electron chi connectivity index (χ3n) is 3.84. The van der Waals surface area contributed by atoms with Crippen LogP contribution in [0.25, 0.3) is 0 Å². The van der Waals surface area contributed by atoms with Crippen LogP contribution in [0.3, 0.4) is 0 Å². The standard InChI is InChI=1S/C16H24N2O3/c1-11(16(19)18-13-6-7-17-10-13)8-12-4-5-14(20-2)15(9-12)21-3/h4-5,9,11,13,17H,6-8,10H2,1-3H3,(H,18,19). The Morgan fingerprint density at radius 1 is 1.38 bits per heavy atom. The fraction of sp³-hybridized carbons (Fsp3) is 0.562. The fourth-order valence-electron chi connectivity index (χ4n) is 2.58. The monoisotopic (exact) mass is 292 g/mol. The molecule has 0 bridgehead atoms. The van der Waals surface area contributed by atoms with Crippen LogP contribution in [0.5, 0.6) is 11.5 Å². The summed E-state index contributed by atoms with van der Waals surface area (Å²) in [6.45, 7) is 3.80. The Kier molecular flexibility index (Phi) is 5.44. The number of ether oxygens (including phenoxy) is 2. The molecular weight excluding hydrogens is 268 g/mol. The van der Waals surface area contributed by atoms with E-state index in [2.05, 4.69) is 10.6 Å². The molecule has 1 aromatic carbocycles. The van der Waals surface area contributed by atoms with Gasteiger partial charge >= 0.3 is 0 Å². The Balaban J connectivity index is 1.94. The van der Waals surface area contributed by atoms with Gasteiger partial charge in [-0.1, -0.05) is 13.0 Å². The van der Waals surface area contributed by atoms with Crippen LogP contribution < -0.4 is 20.1 Å². The van der Waals surface area contributed by atoms with Crippen LogP contribution in [-0.4, -0.2) is 39.3 Å². The number of carbonyl (C=O) groups excluding carboxylic acids is 1. The molecule has 21 heavy (non-hydrogen) atoms. The summed E-state index contributed by atoms with van der Waals surface area (Å²) in [6.07, 6.45) is 1.70. The highest BCUT2D eigenvalue weighted by atomic mass is 16.5. The second kappa shape index (κ2) is 7.31. The maximum Gasteiger partial charge on any atom is 0.223 e. The van der Waals surface area contributed by atoms with Crippen molar-refractivity contribution in [3.05, 3.63) is 23.8 Å². The zero-order valence-corrected chi connectivity index (χ0v) is 12.9.